The number of hydrogen-bond acceptors (Lipinski definition) is 7. The summed E-state index contributed by atoms with van der Waals surface area (Å²) in [6, 6.07) is 10.6. The lowest BCUT2D eigenvalue weighted by Gasteiger charge is -2.33. The SMILES string of the molecule is Cc1cc(C(C)Nc2ccc(Cl)nc2-c2cc(Cl)c(B3OCC(C)(C)CO3)c(C=O)c2)c2oc(C(C)C)c(C)c(=O)c2c1. The van der Waals surface area contributed by atoms with Crippen LogP contribution in [0.4, 0.5) is 5.69 Å². The fourth-order valence-electron chi connectivity index (χ4n) is 5.52. The van der Waals surface area contributed by atoms with Crippen LogP contribution in [0.25, 0.3) is 22.2 Å². The van der Waals surface area contributed by atoms with Gasteiger partial charge in [-0.25, -0.2) is 4.98 Å². The first-order valence-corrected chi connectivity index (χ1v) is 15.1. The molecule has 2 aromatic carbocycles. The zero-order chi connectivity index (χ0) is 31.2. The summed E-state index contributed by atoms with van der Waals surface area (Å²) in [6.45, 7) is 14.8. The van der Waals surface area contributed by atoms with E-state index >= 15 is 0 Å². The summed E-state index contributed by atoms with van der Waals surface area (Å²) in [5.41, 5.74) is 5.42. The molecule has 0 bridgehead atoms. The lowest BCUT2D eigenvalue weighted by atomic mass is 9.73. The summed E-state index contributed by atoms with van der Waals surface area (Å²) in [5.74, 6) is 0.728. The molecule has 1 atom stereocenters. The molecule has 10 heteroatoms. The minimum absolute atomic E-state index is 0.0263. The zero-order valence-corrected chi connectivity index (χ0v) is 26.9. The van der Waals surface area contributed by atoms with Crippen LogP contribution in [-0.2, 0) is 9.31 Å². The average Bonchev–Trinajstić information content (AvgIpc) is 2.95. The van der Waals surface area contributed by atoms with Gasteiger partial charge in [0.25, 0.3) is 0 Å². The van der Waals surface area contributed by atoms with Crippen LogP contribution in [0, 0.1) is 19.3 Å². The van der Waals surface area contributed by atoms with Crippen LogP contribution in [0.15, 0.2) is 45.6 Å². The van der Waals surface area contributed by atoms with Crippen LogP contribution in [0.2, 0.25) is 10.2 Å². The molecule has 3 heterocycles. The fourth-order valence-corrected chi connectivity index (χ4v) is 5.98. The monoisotopic (exact) mass is 620 g/mol. The quantitative estimate of drug-likeness (QED) is 0.129. The predicted octanol–water partition coefficient (Wildman–Crippen LogP) is 7.66. The van der Waals surface area contributed by atoms with E-state index in [9.17, 15) is 9.59 Å². The van der Waals surface area contributed by atoms with E-state index < -0.39 is 7.12 Å². The highest BCUT2D eigenvalue weighted by Gasteiger charge is 2.36. The van der Waals surface area contributed by atoms with Crippen LogP contribution in [0.3, 0.4) is 0 Å². The van der Waals surface area contributed by atoms with E-state index in [4.69, 9.17) is 36.9 Å². The van der Waals surface area contributed by atoms with Crippen molar-refractivity contribution in [3.05, 3.63) is 84.8 Å². The van der Waals surface area contributed by atoms with Gasteiger partial charge in [-0.15, -0.1) is 0 Å². The molecule has 1 aliphatic heterocycles. The number of aryl methyl sites for hydroxylation is 1. The number of fused-ring (bicyclic) bond motifs is 1. The van der Waals surface area contributed by atoms with E-state index in [1.165, 1.54) is 0 Å². The summed E-state index contributed by atoms with van der Waals surface area (Å²) >= 11 is 13.1. The van der Waals surface area contributed by atoms with E-state index in [2.05, 4.69) is 10.3 Å². The standard InChI is InChI=1S/C33H35BCl2N2O5/c1-17(2)31-19(4)30(40)24-11-18(3)10-23(32(24)43-31)20(5)37-26-8-9-27(36)38-29(26)21-12-22(14-39)28(25(35)13-21)34-41-15-33(6,7)16-42-34/h8-14,17,20,37H,15-16H2,1-7H3. The van der Waals surface area contributed by atoms with E-state index in [0.717, 1.165) is 17.4 Å². The predicted molar refractivity (Wildman–Crippen MR) is 174 cm³/mol. The molecule has 1 unspecified atom stereocenters. The number of benzene rings is 2. The smallest absolute Gasteiger partial charge is 0.460 e. The maximum Gasteiger partial charge on any atom is 0.496 e. The number of carbonyl (C=O) groups is 1. The molecule has 1 aliphatic rings. The van der Waals surface area contributed by atoms with Crippen LogP contribution < -0.4 is 16.2 Å². The Morgan fingerprint density at radius 2 is 1.74 bits per heavy atom. The van der Waals surface area contributed by atoms with Crippen molar-refractivity contribution in [2.75, 3.05) is 18.5 Å². The van der Waals surface area contributed by atoms with Gasteiger partial charge in [-0.2, -0.15) is 0 Å². The van der Waals surface area contributed by atoms with Gasteiger partial charge in [-0.1, -0.05) is 57.0 Å². The van der Waals surface area contributed by atoms with Gasteiger partial charge in [0.05, 0.1) is 22.8 Å². The fraction of sp³-hybridized carbons (Fsp3) is 0.364. The second-order valence-electron chi connectivity index (χ2n) is 12.4. The van der Waals surface area contributed by atoms with E-state index in [1.54, 1.807) is 18.2 Å². The van der Waals surface area contributed by atoms with Crippen LogP contribution in [0.1, 0.15) is 79.4 Å². The maximum atomic E-state index is 13.3. The minimum Gasteiger partial charge on any atom is -0.460 e. The first-order chi connectivity index (χ1) is 20.3. The lowest BCUT2D eigenvalue weighted by Crippen LogP contribution is -2.49. The number of aldehydes is 1. The molecule has 0 aliphatic carbocycles. The van der Waals surface area contributed by atoms with Crippen molar-refractivity contribution >= 4 is 58.7 Å². The van der Waals surface area contributed by atoms with E-state index in [0.29, 0.717) is 68.5 Å². The van der Waals surface area contributed by atoms with Gasteiger partial charge in [0.1, 0.15) is 22.8 Å². The number of aromatic nitrogens is 1. The van der Waals surface area contributed by atoms with Crippen molar-refractivity contribution in [2.24, 2.45) is 5.41 Å². The number of rotatable bonds is 7. The molecule has 1 N–H and O–H groups in total. The molecular weight excluding hydrogens is 586 g/mol. The molecule has 1 fully saturated rings. The summed E-state index contributed by atoms with van der Waals surface area (Å²) in [5, 5.41) is 4.69. The summed E-state index contributed by atoms with van der Waals surface area (Å²) in [7, 11) is -0.747. The van der Waals surface area contributed by atoms with Crippen molar-refractivity contribution < 1.29 is 18.5 Å². The molecule has 0 amide bonds. The van der Waals surface area contributed by atoms with Crippen LogP contribution in [-0.4, -0.2) is 31.6 Å². The van der Waals surface area contributed by atoms with Crippen molar-refractivity contribution in [1.29, 1.82) is 0 Å². The van der Waals surface area contributed by atoms with Crippen LogP contribution >= 0.6 is 23.2 Å². The van der Waals surface area contributed by atoms with Gasteiger partial charge in [0.15, 0.2) is 5.43 Å². The van der Waals surface area contributed by atoms with E-state index in [1.807, 2.05) is 66.7 Å². The highest BCUT2D eigenvalue weighted by atomic mass is 35.5. The van der Waals surface area contributed by atoms with Crippen molar-refractivity contribution in [2.45, 2.75) is 60.4 Å². The second kappa shape index (κ2) is 12.1. The lowest BCUT2D eigenvalue weighted by molar-refractivity contribution is 0.0342. The Bertz CT molecular complexity index is 1780. The molecule has 7 nitrogen and oxygen atoms in total. The van der Waals surface area contributed by atoms with Crippen molar-refractivity contribution in [3.8, 4) is 11.3 Å². The topological polar surface area (TPSA) is 90.7 Å². The summed E-state index contributed by atoms with van der Waals surface area (Å²) < 4.78 is 18.2. The molecular formula is C33H35BCl2N2O5. The Labute approximate surface area is 262 Å². The molecule has 5 rings (SSSR count). The number of nitrogens with zero attached hydrogens (tertiary/aromatic N) is 1. The van der Waals surface area contributed by atoms with Crippen molar-refractivity contribution in [3.63, 3.8) is 0 Å². The highest BCUT2D eigenvalue weighted by Crippen LogP contribution is 2.35. The van der Waals surface area contributed by atoms with Gasteiger partial charge < -0.3 is 19.0 Å². The highest BCUT2D eigenvalue weighted by molar-refractivity contribution is 6.66. The molecule has 0 radical (unpaired) electrons. The average molecular weight is 621 g/mol. The number of nitrogens with one attached hydrogen (secondary N) is 1. The molecule has 0 saturated carbocycles. The Kier molecular flexibility index (Phi) is 8.78. The van der Waals surface area contributed by atoms with E-state index in [-0.39, 0.29) is 28.0 Å². The second-order valence-corrected chi connectivity index (χ2v) is 13.2. The van der Waals surface area contributed by atoms with Crippen molar-refractivity contribution in [1.82, 2.24) is 4.98 Å². The molecule has 224 valence electrons. The number of halogens is 2. The Balaban J connectivity index is 1.56. The van der Waals surface area contributed by atoms with Gasteiger partial charge in [0.2, 0.25) is 0 Å². The largest absolute Gasteiger partial charge is 0.496 e. The third-order valence-electron chi connectivity index (χ3n) is 7.70. The minimum atomic E-state index is -0.747. The maximum absolute atomic E-state index is 13.3. The number of anilines is 1. The Morgan fingerprint density at radius 3 is 2.40 bits per heavy atom. The third-order valence-corrected chi connectivity index (χ3v) is 8.22. The molecule has 1 saturated heterocycles. The first kappa shape index (κ1) is 31.3. The number of pyridine rings is 1. The van der Waals surface area contributed by atoms with Gasteiger partial charge in [0, 0.05) is 57.3 Å². The molecule has 43 heavy (non-hydrogen) atoms. The van der Waals surface area contributed by atoms with Gasteiger partial charge in [-0.05, 0) is 56.7 Å². The Hall–Kier alpha value is -3.17. The van der Waals surface area contributed by atoms with Gasteiger partial charge >= 0.3 is 7.12 Å². The van der Waals surface area contributed by atoms with Crippen LogP contribution in [0.5, 0.6) is 0 Å². The Morgan fingerprint density at radius 1 is 1.05 bits per heavy atom. The first-order valence-electron chi connectivity index (χ1n) is 14.3. The molecule has 2 aromatic heterocycles. The number of carbonyl (C=O) groups excluding carboxylic acids is 1. The summed E-state index contributed by atoms with van der Waals surface area (Å²) in [4.78, 5) is 30.2. The third kappa shape index (κ3) is 6.25. The number of hydrogen-bond donors (Lipinski definition) is 1. The summed E-state index contributed by atoms with van der Waals surface area (Å²) in [6.07, 6.45) is 0.743. The molecule has 0 spiro atoms. The molecule has 4 aromatic rings. The zero-order valence-electron chi connectivity index (χ0n) is 25.4. The normalized spacial score (nSPS) is 15.6. The van der Waals surface area contributed by atoms with Gasteiger partial charge in [-0.3, -0.25) is 9.59 Å².